The van der Waals surface area contributed by atoms with E-state index in [9.17, 15) is 14.4 Å². The van der Waals surface area contributed by atoms with Gasteiger partial charge in [-0.2, -0.15) is 0 Å². The monoisotopic (exact) mass is 266 g/mol. The van der Waals surface area contributed by atoms with Gasteiger partial charge in [-0.15, -0.1) is 0 Å². The molecule has 0 fully saturated rings. The molecule has 0 aliphatic carbocycles. The van der Waals surface area contributed by atoms with E-state index in [1.807, 2.05) is 0 Å². The van der Waals surface area contributed by atoms with Gasteiger partial charge in [-0.25, -0.2) is 4.79 Å². The van der Waals surface area contributed by atoms with Crippen LogP contribution >= 0.6 is 0 Å². The molecule has 1 aromatic carbocycles. The summed E-state index contributed by atoms with van der Waals surface area (Å²) >= 11 is 0. The zero-order valence-corrected chi connectivity index (χ0v) is 10.00. The highest BCUT2D eigenvalue weighted by Crippen LogP contribution is 2.05. The zero-order chi connectivity index (χ0) is 14.4. The molecule has 7 nitrogen and oxygen atoms in total. The Morgan fingerprint density at radius 1 is 1.21 bits per heavy atom. The first kappa shape index (κ1) is 14.7. The Bertz CT molecular complexity index is 483. The summed E-state index contributed by atoms with van der Waals surface area (Å²) in [4.78, 5) is 33.3. The number of amides is 2. The van der Waals surface area contributed by atoms with Crippen LogP contribution in [0.25, 0.3) is 0 Å². The number of benzene rings is 1. The fourth-order valence-corrected chi connectivity index (χ4v) is 1.40. The molecule has 1 aromatic rings. The van der Waals surface area contributed by atoms with Crippen molar-refractivity contribution < 1.29 is 24.6 Å². The normalized spacial score (nSPS) is 11.6. The lowest BCUT2D eigenvalue weighted by atomic mass is 10.1. The molecule has 0 saturated heterocycles. The van der Waals surface area contributed by atoms with Crippen molar-refractivity contribution in [3.8, 4) is 0 Å². The number of nitrogens with one attached hydrogen (secondary N) is 1. The molecular weight excluding hydrogens is 252 g/mol. The van der Waals surface area contributed by atoms with E-state index in [1.54, 1.807) is 12.1 Å². The van der Waals surface area contributed by atoms with Gasteiger partial charge in [-0.05, 0) is 17.7 Å². The van der Waals surface area contributed by atoms with Gasteiger partial charge in [0.25, 0.3) is 5.91 Å². The van der Waals surface area contributed by atoms with E-state index in [1.165, 1.54) is 12.1 Å². The minimum absolute atomic E-state index is 0.151. The van der Waals surface area contributed by atoms with Crippen molar-refractivity contribution >= 4 is 17.8 Å². The van der Waals surface area contributed by atoms with Crippen LogP contribution in [0.2, 0.25) is 0 Å². The molecule has 0 spiro atoms. The van der Waals surface area contributed by atoms with Crippen molar-refractivity contribution in [1.82, 2.24) is 5.32 Å². The third-order valence-electron chi connectivity index (χ3n) is 2.41. The Kier molecular flexibility index (Phi) is 5.01. The van der Waals surface area contributed by atoms with Crippen LogP contribution in [0.15, 0.2) is 24.3 Å². The van der Waals surface area contributed by atoms with Crippen LogP contribution in [0.3, 0.4) is 0 Å². The number of carboxylic acids is 1. The SMILES string of the molecule is NC(=O)CC(NC(=O)c1ccc(CO)cc1)C(=O)O. The maximum absolute atomic E-state index is 11.8. The molecule has 0 bridgehead atoms. The fraction of sp³-hybridized carbons (Fsp3) is 0.250. The summed E-state index contributed by atoms with van der Waals surface area (Å²) < 4.78 is 0. The third kappa shape index (κ3) is 4.40. The smallest absolute Gasteiger partial charge is 0.326 e. The van der Waals surface area contributed by atoms with Gasteiger partial charge in [-0.3, -0.25) is 9.59 Å². The fourth-order valence-electron chi connectivity index (χ4n) is 1.40. The lowest BCUT2D eigenvalue weighted by molar-refractivity contribution is -0.140. The number of primary amides is 1. The van der Waals surface area contributed by atoms with Gasteiger partial charge in [0.05, 0.1) is 13.0 Å². The molecule has 102 valence electrons. The molecule has 1 atom stereocenters. The van der Waals surface area contributed by atoms with Crippen molar-refractivity contribution in [3.05, 3.63) is 35.4 Å². The average Bonchev–Trinajstić information content (AvgIpc) is 2.37. The van der Waals surface area contributed by atoms with E-state index in [-0.39, 0.29) is 12.2 Å². The molecule has 0 heterocycles. The second-order valence-electron chi connectivity index (χ2n) is 3.89. The van der Waals surface area contributed by atoms with Crippen molar-refractivity contribution in [2.75, 3.05) is 0 Å². The van der Waals surface area contributed by atoms with Gasteiger partial charge in [0, 0.05) is 5.56 Å². The molecular formula is C12H14N2O5. The first-order valence-corrected chi connectivity index (χ1v) is 5.45. The van der Waals surface area contributed by atoms with E-state index < -0.39 is 30.2 Å². The highest BCUT2D eigenvalue weighted by molar-refractivity contribution is 5.97. The number of carboxylic acid groups (broad SMARTS) is 1. The minimum Gasteiger partial charge on any atom is -0.480 e. The summed E-state index contributed by atoms with van der Waals surface area (Å²) in [5.74, 6) is -2.78. The van der Waals surface area contributed by atoms with Crippen LogP contribution in [0.4, 0.5) is 0 Å². The molecule has 0 aliphatic rings. The lowest BCUT2D eigenvalue weighted by Gasteiger charge is -2.12. The Balaban J connectivity index is 2.75. The number of aliphatic hydroxyl groups excluding tert-OH is 1. The van der Waals surface area contributed by atoms with E-state index in [0.29, 0.717) is 5.56 Å². The number of nitrogens with two attached hydrogens (primary N) is 1. The second-order valence-corrected chi connectivity index (χ2v) is 3.89. The maximum atomic E-state index is 11.8. The molecule has 19 heavy (non-hydrogen) atoms. The number of aliphatic hydroxyl groups is 1. The molecule has 0 radical (unpaired) electrons. The van der Waals surface area contributed by atoms with Gasteiger partial charge in [0.15, 0.2) is 0 Å². The molecule has 0 aliphatic heterocycles. The van der Waals surface area contributed by atoms with Crippen LogP contribution in [-0.2, 0) is 16.2 Å². The summed E-state index contributed by atoms with van der Waals surface area (Å²) in [5, 5.41) is 19.9. The van der Waals surface area contributed by atoms with Crippen molar-refractivity contribution in [2.24, 2.45) is 5.73 Å². The summed E-state index contributed by atoms with van der Waals surface area (Å²) in [5.41, 5.74) is 5.76. The topological polar surface area (TPSA) is 130 Å². The van der Waals surface area contributed by atoms with Crippen LogP contribution in [0.1, 0.15) is 22.3 Å². The quantitative estimate of drug-likeness (QED) is 0.537. The van der Waals surface area contributed by atoms with Gasteiger partial charge >= 0.3 is 5.97 Å². The molecule has 7 heteroatoms. The number of hydrogen-bond donors (Lipinski definition) is 4. The van der Waals surface area contributed by atoms with Crippen LogP contribution in [0, 0.1) is 0 Å². The number of hydrogen-bond acceptors (Lipinski definition) is 4. The van der Waals surface area contributed by atoms with Crippen LogP contribution < -0.4 is 11.1 Å². The van der Waals surface area contributed by atoms with Crippen molar-refractivity contribution in [1.29, 1.82) is 0 Å². The molecule has 2 amide bonds. The minimum atomic E-state index is -1.36. The largest absolute Gasteiger partial charge is 0.480 e. The molecule has 5 N–H and O–H groups in total. The predicted octanol–water partition coefficient (Wildman–Crippen LogP) is -0.763. The lowest BCUT2D eigenvalue weighted by Crippen LogP contribution is -2.43. The number of rotatable bonds is 6. The van der Waals surface area contributed by atoms with Gasteiger partial charge in [0.2, 0.25) is 5.91 Å². The summed E-state index contributed by atoms with van der Waals surface area (Å²) in [6, 6.07) is 4.62. The molecule has 1 unspecified atom stereocenters. The maximum Gasteiger partial charge on any atom is 0.326 e. The zero-order valence-electron chi connectivity index (χ0n) is 10.00. The second kappa shape index (κ2) is 6.50. The number of aliphatic carboxylic acids is 1. The summed E-state index contributed by atoms with van der Waals surface area (Å²) in [7, 11) is 0. The first-order valence-electron chi connectivity index (χ1n) is 5.45. The van der Waals surface area contributed by atoms with Crippen LogP contribution in [-0.4, -0.2) is 34.0 Å². The van der Waals surface area contributed by atoms with Gasteiger partial charge in [0.1, 0.15) is 6.04 Å². The molecule has 1 rings (SSSR count). The number of carbonyl (C=O) groups is 3. The Morgan fingerprint density at radius 2 is 1.79 bits per heavy atom. The van der Waals surface area contributed by atoms with E-state index in [2.05, 4.69) is 5.32 Å². The van der Waals surface area contributed by atoms with E-state index in [0.717, 1.165) is 0 Å². The van der Waals surface area contributed by atoms with Gasteiger partial charge < -0.3 is 21.3 Å². The number of carbonyl (C=O) groups excluding carboxylic acids is 2. The molecule has 0 aromatic heterocycles. The van der Waals surface area contributed by atoms with Crippen molar-refractivity contribution in [3.63, 3.8) is 0 Å². The van der Waals surface area contributed by atoms with Crippen LogP contribution in [0.5, 0.6) is 0 Å². The Morgan fingerprint density at radius 3 is 2.21 bits per heavy atom. The first-order chi connectivity index (χ1) is 8.93. The van der Waals surface area contributed by atoms with E-state index >= 15 is 0 Å². The molecule has 0 saturated carbocycles. The Hall–Kier alpha value is -2.41. The highest BCUT2D eigenvalue weighted by atomic mass is 16.4. The predicted molar refractivity (Wildman–Crippen MR) is 65.1 cm³/mol. The standard InChI is InChI=1S/C12H14N2O5/c13-10(16)5-9(12(18)19)14-11(17)8-3-1-7(6-15)2-4-8/h1-4,9,15H,5-6H2,(H2,13,16)(H,14,17)(H,18,19). The highest BCUT2D eigenvalue weighted by Gasteiger charge is 2.22. The van der Waals surface area contributed by atoms with Crippen molar-refractivity contribution in [2.45, 2.75) is 19.1 Å². The summed E-state index contributed by atoms with van der Waals surface area (Å²) in [6.45, 7) is -0.151. The Labute approximate surface area is 109 Å². The average molecular weight is 266 g/mol. The summed E-state index contributed by atoms with van der Waals surface area (Å²) in [6.07, 6.45) is -0.476. The van der Waals surface area contributed by atoms with E-state index in [4.69, 9.17) is 15.9 Å². The van der Waals surface area contributed by atoms with Gasteiger partial charge in [-0.1, -0.05) is 12.1 Å². The third-order valence-corrected chi connectivity index (χ3v) is 2.41.